The maximum atomic E-state index is 13.5. The van der Waals surface area contributed by atoms with Crippen LogP contribution in [0.1, 0.15) is 5.56 Å². The number of halogens is 1. The Morgan fingerprint density at radius 3 is 2.19 bits per heavy atom. The number of aromatic nitrogens is 3. The number of nitrogens with two attached hydrogens (primary N) is 1. The average Bonchev–Trinajstić information content (AvgIpc) is 3.08. The van der Waals surface area contributed by atoms with Gasteiger partial charge in [0.2, 0.25) is 9.84 Å². The minimum Gasteiger partial charge on any atom is -0.382 e. The summed E-state index contributed by atoms with van der Waals surface area (Å²) < 4.78 is 28.3. The van der Waals surface area contributed by atoms with Crippen molar-refractivity contribution in [1.82, 2.24) is 14.6 Å². The van der Waals surface area contributed by atoms with E-state index in [0.717, 1.165) is 5.56 Å². The minimum absolute atomic E-state index is 0.0654. The molecule has 158 valence electrons. The molecule has 32 heavy (non-hydrogen) atoms. The lowest BCUT2D eigenvalue weighted by atomic mass is 10.2. The first-order valence-corrected chi connectivity index (χ1v) is 11.5. The fourth-order valence-electron chi connectivity index (χ4n) is 3.39. The van der Waals surface area contributed by atoms with E-state index in [1.165, 1.54) is 16.8 Å². The number of anilines is 1. The third kappa shape index (κ3) is 3.39. The number of hydrogen-bond acceptors (Lipinski definition) is 6. The van der Waals surface area contributed by atoms with Crippen molar-refractivity contribution in [2.45, 2.75) is 9.79 Å². The quantitative estimate of drug-likeness (QED) is 0.396. The number of para-hydroxylation sites is 2. The summed E-state index contributed by atoms with van der Waals surface area (Å²) in [4.78, 5) is 9.19. The Balaban J connectivity index is 1.79. The van der Waals surface area contributed by atoms with Gasteiger partial charge in [-0.3, -0.25) is 0 Å². The standard InChI is InChI=1S/C23H16ClN5O2S/c24-16-12-10-15(11-13-16)14-26-29-22(25)21(32(30,31)17-6-2-1-3-7-17)20-23(29)28-19-9-5-4-8-18(19)27-20/h1-14H,25H2. The van der Waals surface area contributed by atoms with Crippen molar-refractivity contribution < 1.29 is 8.42 Å². The third-order valence-electron chi connectivity index (χ3n) is 4.94. The van der Waals surface area contributed by atoms with Crippen molar-refractivity contribution in [3.05, 3.63) is 89.4 Å². The average molecular weight is 462 g/mol. The van der Waals surface area contributed by atoms with Gasteiger partial charge >= 0.3 is 0 Å². The van der Waals surface area contributed by atoms with Gasteiger partial charge < -0.3 is 5.73 Å². The molecule has 2 aromatic heterocycles. The summed E-state index contributed by atoms with van der Waals surface area (Å²) in [5.74, 6) is -0.0654. The molecule has 0 aliphatic heterocycles. The summed E-state index contributed by atoms with van der Waals surface area (Å²) in [6.45, 7) is 0. The highest BCUT2D eigenvalue weighted by Crippen LogP contribution is 2.35. The molecule has 2 N–H and O–H groups in total. The third-order valence-corrected chi connectivity index (χ3v) is 7.03. The fourth-order valence-corrected chi connectivity index (χ4v) is 5.03. The van der Waals surface area contributed by atoms with E-state index in [0.29, 0.717) is 16.1 Å². The van der Waals surface area contributed by atoms with E-state index in [9.17, 15) is 8.42 Å². The smallest absolute Gasteiger partial charge is 0.212 e. The second-order valence-electron chi connectivity index (χ2n) is 7.02. The van der Waals surface area contributed by atoms with E-state index < -0.39 is 9.84 Å². The van der Waals surface area contributed by atoms with Crippen LogP contribution in [0.3, 0.4) is 0 Å². The van der Waals surface area contributed by atoms with Crippen LogP contribution in [-0.4, -0.2) is 29.3 Å². The lowest BCUT2D eigenvalue weighted by molar-refractivity contribution is 0.597. The van der Waals surface area contributed by atoms with Gasteiger partial charge in [0.1, 0.15) is 16.2 Å². The maximum absolute atomic E-state index is 13.5. The van der Waals surface area contributed by atoms with Crippen LogP contribution in [0.25, 0.3) is 22.2 Å². The first-order chi connectivity index (χ1) is 15.4. The first-order valence-electron chi connectivity index (χ1n) is 9.62. The molecule has 0 spiro atoms. The van der Waals surface area contributed by atoms with Gasteiger partial charge in [0.15, 0.2) is 5.65 Å². The van der Waals surface area contributed by atoms with Gasteiger partial charge in [0, 0.05) is 5.02 Å². The Hall–Kier alpha value is -3.75. The van der Waals surface area contributed by atoms with Gasteiger partial charge in [-0.25, -0.2) is 18.4 Å². The highest BCUT2D eigenvalue weighted by molar-refractivity contribution is 7.92. The summed E-state index contributed by atoms with van der Waals surface area (Å²) in [6, 6.07) is 22.3. The van der Waals surface area contributed by atoms with Gasteiger partial charge in [0.25, 0.3) is 0 Å². The Bertz CT molecular complexity index is 1600. The molecular formula is C23H16ClN5O2S. The van der Waals surface area contributed by atoms with E-state index >= 15 is 0 Å². The van der Waals surface area contributed by atoms with Gasteiger partial charge in [-0.2, -0.15) is 9.78 Å². The molecule has 7 nitrogen and oxygen atoms in total. The zero-order valence-corrected chi connectivity index (χ0v) is 18.1. The molecule has 0 aliphatic carbocycles. The van der Waals surface area contributed by atoms with Gasteiger partial charge in [-0.05, 0) is 42.0 Å². The van der Waals surface area contributed by atoms with Crippen molar-refractivity contribution in [3.63, 3.8) is 0 Å². The van der Waals surface area contributed by atoms with Crippen LogP contribution in [0, 0.1) is 0 Å². The monoisotopic (exact) mass is 461 g/mol. The normalized spacial score (nSPS) is 12.2. The predicted octanol–water partition coefficient (Wildman–Crippen LogP) is 4.54. The van der Waals surface area contributed by atoms with E-state index in [4.69, 9.17) is 17.3 Å². The highest BCUT2D eigenvalue weighted by Gasteiger charge is 2.30. The van der Waals surface area contributed by atoms with E-state index in [-0.39, 0.29) is 26.8 Å². The molecule has 3 aromatic carbocycles. The summed E-state index contributed by atoms with van der Waals surface area (Å²) in [6.07, 6.45) is 1.56. The molecule has 2 heterocycles. The lowest BCUT2D eigenvalue weighted by Crippen LogP contribution is -2.06. The highest BCUT2D eigenvalue weighted by atomic mass is 35.5. The summed E-state index contributed by atoms with van der Waals surface area (Å²) in [5.41, 5.74) is 8.70. The summed E-state index contributed by atoms with van der Waals surface area (Å²) >= 11 is 5.94. The molecule has 9 heteroatoms. The van der Waals surface area contributed by atoms with Crippen molar-refractivity contribution in [1.29, 1.82) is 0 Å². The number of rotatable bonds is 4. The van der Waals surface area contributed by atoms with Crippen LogP contribution >= 0.6 is 11.6 Å². The fraction of sp³-hybridized carbons (Fsp3) is 0. The second-order valence-corrected chi connectivity index (χ2v) is 9.35. The zero-order chi connectivity index (χ0) is 22.3. The van der Waals surface area contributed by atoms with Crippen LogP contribution < -0.4 is 5.73 Å². The molecule has 0 bridgehead atoms. The van der Waals surface area contributed by atoms with E-state index in [1.54, 1.807) is 60.8 Å². The van der Waals surface area contributed by atoms with Crippen molar-refractivity contribution in [2.75, 3.05) is 5.73 Å². The molecule has 0 radical (unpaired) electrons. The number of benzene rings is 3. The SMILES string of the molecule is Nc1c(S(=O)(=O)c2ccccc2)c2nc3ccccc3nc2n1N=Cc1ccc(Cl)cc1. The number of fused-ring (bicyclic) bond motifs is 2. The largest absolute Gasteiger partial charge is 0.382 e. The Labute approximate surface area is 188 Å². The summed E-state index contributed by atoms with van der Waals surface area (Å²) in [5, 5.41) is 5.02. The minimum atomic E-state index is -3.97. The Morgan fingerprint density at radius 1 is 0.875 bits per heavy atom. The van der Waals surface area contributed by atoms with E-state index in [2.05, 4.69) is 15.1 Å². The molecule has 5 aromatic rings. The molecule has 0 atom stereocenters. The van der Waals surface area contributed by atoms with Crippen LogP contribution in [0.2, 0.25) is 5.02 Å². The molecule has 0 aliphatic rings. The molecule has 5 rings (SSSR count). The predicted molar refractivity (Wildman–Crippen MR) is 126 cm³/mol. The van der Waals surface area contributed by atoms with Crippen LogP contribution in [0.4, 0.5) is 5.82 Å². The molecule has 0 saturated carbocycles. The van der Waals surface area contributed by atoms with Crippen LogP contribution in [0.15, 0.2) is 93.8 Å². The molecule has 0 amide bonds. The first kappa shape index (κ1) is 20.2. The van der Waals surface area contributed by atoms with Gasteiger partial charge in [-0.1, -0.05) is 54.1 Å². The Kier molecular flexibility index (Phi) is 4.88. The molecular weight excluding hydrogens is 446 g/mol. The number of hydrogen-bond donors (Lipinski definition) is 1. The van der Waals surface area contributed by atoms with E-state index in [1.807, 2.05) is 12.1 Å². The molecule has 0 saturated heterocycles. The molecule has 0 unspecified atom stereocenters. The second kappa shape index (κ2) is 7.74. The lowest BCUT2D eigenvalue weighted by Gasteiger charge is -2.04. The topological polar surface area (TPSA) is 103 Å². The van der Waals surface area contributed by atoms with Crippen LogP contribution in [0.5, 0.6) is 0 Å². The maximum Gasteiger partial charge on any atom is 0.212 e. The molecule has 0 fully saturated rings. The van der Waals surface area contributed by atoms with Gasteiger partial charge in [-0.15, -0.1) is 0 Å². The number of nitrogens with zero attached hydrogens (tertiary/aromatic N) is 4. The van der Waals surface area contributed by atoms with Crippen molar-refractivity contribution >= 4 is 55.7 Å². The summed E-state index contributed by atoms with van der Waals surface area (Å²) in [7, 11) is -3.97. The van der Waals surface area contributed by atoms with Crippen molar-refractivity contribution in [3.8, 4) is 0 Å². The van der Waals surface area contributed by atoms with Crippen molar-refractivity contribution in [2.24, 2.45) is 5.10 Å². The van der Waals surface area contributed by atoms with Crippen LogP contribution in [-0.2, 0) is 9.84 Å². The number of nitrogen functional groups attached to an aromatic ring is 1. The number of sulfone groups is 1. The Morgan fingerprint density at radius 2 is 1.50 bits per heavy atom. The zero-order valence-electron chi connectivity index (χ0n) is 16.6. The van der Waals surface area contributed by atoms with Gasteiger partial charge in [0.05, 0.1) is 22.1 Å².